The van der Waals surface area contributed by atoms with Gasteiger partial charge in [0.05, 0.1) is 0 Å². The van der Waals surface area contributed by atoms with E-state index in [1.54, 1.807) is 0 Å². The number of aliphatic carboxylic acids is 2. The first-order valence-corrected chi connectivity index (χ1v) is 9.11. The van der Waals surface area contributed by atoms with E-state index < -0.39 is 17.9 Å². The van der Waals surface area contributed by atoms with Gasteiger partial charge in [0.25, 0.3) is 0 Å². The molecule has 1 aromatic rings. The van der Waals surface area contributed by atoms with Gasteiger partial charge in [-0.2, -0.15) is 0 Å². The molecule has 4 heteroatoms. The maximum absolute atomic E-state index is 10.7. The second-order valence-corrected chi connectivity index (χ2v) is 6.44. The van der Waals surface area contributed by atoms with E-state index in [-0.39, 0.29) is 6.42 Å². The zero-order valence-corrected chi connectivity index (χ0v) is 14.5. The maximum atomic E-state index is 10.7. The summed E-state index contributed by atoms with van der Waals surface area (Å²) in [5.74, 6) is -3.69. The molecule has 0 bridgehead atoms. The van der Waals surface area contributed by atoms with Crippen molar-refractivity contribution < 1.29 is 19.8 Å². The van der Waals surface area contributed by atoms with Crippen molar-refractivity contribution in [2.75, 3.05) is 0 Å². The van der Waals surface area contributed by atoms with Crippen molar-refractivity contribution in [3.63, 3.8) is 0 Å². The second-order valence-electron chi connectivity index (χ2n) is 6.44. The summed E-state index contributed by atoms with van der Waals surface area (Å²) in [6, 6.07) is 10.6. The molecular weight excluding hydrogens is 304 g/mol. The number of hydrogen-bond acceptors (Lipinski definition) is 2. The summed E-state index contributed by atoms with van der Waals surface area (Å²) in [5, 5.41) is 17.6. The van der Waals surface area contributed by atoms with Crippen LogP contribution in [0.5, 0.6) is 0 Å². The molecule has 0 unspecified atom stereocenters. The predicted molar refractivity (Wildman–Crippen MR) is 95.1 cm³/mol. The van der Waals surface area contributed by atoms with E-state index >= 15 is 0 Å². The lowest BCUT2D eigenvalue weighted by Crippen LogP contribution is -2.23. The third-order valence-corrected chi connectivity index (χ3v) is 4.40. The van der Waals surface area contributed by atoms with Crippen LogP contribution in [0.25, 0.3) is 0 Å². The number of hydrogen-bond donors (Lipinski definition) is 2. The van der Waals surface area contributed by atoms with Crippen LogP contribution in [-0.2, 0) is 16.0 Å². The van der Waals surface area contributed by atoms with E-state index in [1.165, 1.54) is 37.7 Å². The quantitative estimate of drug-likeness (QED) is 0.374. The molecule has 0 saturated carbocycles. The van der Waals surface area contributed by atoms with E-state index in [4.69, 9.17) is 10.2 Å². The number of carboxylic acids is 2. The third-order valence-electron chi connectivity index (χ3n) is 4.40. The molecule has 0 aromatic heterocycles. The zero-order valence-electron chi connectivity index (χ0n) is 14.5. The van der Waals surface area contributed by atoms with Gasteiger partial charge in [-0.25, -0.2) is 0 Å². The fourth-order valence-corrected chi connectivity index (χ4v) is 2.91. The molecule has 0 aliphatic heterocycles. The van der Waals surface area contributed by atoms with Crippen molar-refractivity contribution in [2.45, 2.75) is 70.6 Å². The Labute approximate surface area is 144 Å². The summed E-state index contributed by atoms with van der Waals surface area (Å²) in [6.07, 6.45) is 11.5. The largest absolute Gasteiger partial charge is 0.481 e. The normalized spacial score (nSPS) is 10.9. The standard InChI is InChI=1S/C20H30O4/c21-19(22)18(20(23)24)16-12-7-5-3-1-2-4-6-9-13-17-14-10-8-11-15-17/h8,10-11,14-15,18H,1-7,9,12-13,16H2,(H,21,22)(H,23,24). The fraction of sp³-hybridized carbons (Fsp3) is 0.600. The van der Waals surface area contributed by atoms with E-state index in [1.807, 2.05) is 6.07 Å². The lowest BCUT2D eigenvalue weighted by Gasteiger charge is -2.07. The molecule has 0 heterocycles. The van der Waals surface area contributed by atoms with Gasteiger partial charge in [0.1, 0.15) is 0 Å². The van der Waals surface area contributed by atoms with Crippen molar-refractivity contribution in [1.82, 2.24) is 0 Å². The molecule has 0 saturated heterocycles. The minimum absolute atomic E-state index is 0.240. The maximum Gasteiger partial charge on any atom is 0.317 e. The van der Waals surface area contributed by atoms with Crippen LogP contribution < -0.4 is 0 Å². The van der Waals surface area contributed by atoms with Crippen LogP contribution in [0.2, 0.25) is 0 Å². The molecule has 1 rings (SSSR count). The van der Waals surface area contributed by atoms with Crippen molar-refractivity contribution in [3.8, 4) is 0 Å². The minimum Gasteiger partial charge on any atom is -0.481 e. The summed E-state index contributed by atoms with van der Waals surface area (Å²) in [6.45, 7) is 0. The Balaban J connectivity index is 1.88. The first-order chi connectivity index (χ1) is 11.6. The fourth-order valence-electron chi connectivity index (χ4n) is 2.91. The van der Waals surface area contributed by atoms with E-state index in [9.17, 15) is 9.59 Å². The first kappa shape index (κ1) is 20.2. The van der Waals surface area contributed by atoms with Gasteiger partial charge in [0.2, 0.25) is 0 Å². The smallest absolute Gasteiger partial charge is 0.317 e. The molecule has 0 atom stereocenters. The highest BCUT2D eigenvalue weighted by Crippen LogP contribution is 2.15. The lowest BCUT2D eigenvalue weighted by molar-refractivity contribution is -0.154. The summed E-state index contributed by atoms with van der Waals surface area (Å²) in [5.41, 5.74) is 1.42. The van der Waals surface area contributed by atoms with Gasteiger partial charge in [0.15, 0.2) is 5.92 Å². The summed E-state index contributed by atoms with van der Waals surface area (Å²) in [7, 11) is 0. The summed E-state index contributed by atoms with van der Waals surface area (Å²) < 4.78 is 0. The second kappa shape index (κ2) is 12.6. The monoisotopic (exact) mass is 334 g/mol. The molecule has 2 N–H and O–H groups in total. The number of carbonyl (C=O) groups is 2. The van der Waals surface area contributed by atoms with E-state index in [0.717, 1.165) is 25.7 Å². The molecule has 4 nitrogen and oxygen atoms in total. The molecule has 0 amide bonds. The van der Waals surface area contributed by atoms with Gasteiger partial charge in [-0.3, -0.25) is 9.59 Å². The highest BCUT2D eigenvalue weighted by atomic mass is 16.4. The molecule has 134 valence electrons. The Kier molecular flexibility index (Phi) is 10.6. The summed E-state index contributed by atoms with van der Waals surface area (Å²) >= 11 is 0. The van der Waals surface area contributed by atoms with Crippen LogP contribution in [0.15, 0.2) is 30.3 Å². The van der Waals surface area contributed by atoms with Crippen molar-refractivity contribution in [2.24, 2.45) is 5.92 Å². The Hall–Kier alpha value is -1.84. The summed E-state index contributed by atoms with van der Waals surface area (Å²) in [4.78, 5) is 21.5. The molecule has 0 spiro atoms. The number of benzene rings is 1. The molecule has 0 aliphatic rings. The molecule has 0 fully saturated rings. The van der Waals surface area contributed by atoms with Crippen LogP contribution in [0.3, 0.4) is 0 Å². The SMILES string of the molecule is O=C(O)C(CCCCCCCCCCCc1ccccc1)C(=O)O. The average Bonchev–Trinajstić information content (AvgIpc) is 2.56. The molecule has 1 aromatic carbocycles. The van der Waals surface area contributed by atoms with Crippen LogP contribution in [0.1, 0.15) is 69.8 Å². The number of unbranched alkanes of at least 4 members (excludes halogenated alkanes) is 8. The van der Waals surface area contributed by atoms with E-state index in [2.05, 4.69) is 24.3 Å². The molecule has 24 heavy (non-hydrogen) atoms. The van der Waals surface area contributed by atoms with Gasteiger partial charge < -0.3 is 10.2 Å². The Morgan fingerprint density at radius 2 is 1.17 bits per heavy atom. The highest BCUT2D eigenvalue weighted by Gasteiger charge is 2.24. The number of carboxylic acid groups (broad SMARTS) is 2. The van der Waals surface area contributed by atoms with Gasteiger partial charge in [-0.15, -0.1) is 0 Å². The van der Waals surface area contributed by atoms with Gasteiger partial charge in [0, 0.05) is 0 Å². The van der Waals surface area contributed by atoms with Crippen molar-refractivity contribution in [1.29, 1.82) is 0 Å². The predicted octanol–water partition coefficient (Wildman–Crippen LogP) is 4.92. The van der Waals surface area contributed by atoms with Gasteiger partial charge >= 0.3 is 11.9 Å². The Morgan fingerprint density at radius 1 is 0.708 bits per heavy atom. The minimum atomic E-state index is -1.24. The van der Waals surface area contributed by atoms with Crippen molar-refractivity contribution in [3.05, 3.63) is 35.9 Å². The highest BCUT2D eigenvalue weighted by molar-refractivity contribution is 5.92. The van der Waals surface area contributed by atoms with Gasteiger partial charge in [-0.05, 0) is 24.8 Å². The van der Waals surface area contributed by atoms with Crippen LogP contribution in [0, 0.1) is 5.92 Å². The van der Waals surface area contributed by atoms with Crippen LogP contribution >= 0.6 is 0 Å². The Bertz CT molecular complexity index is 456. The first-order valence-electron chi connectivity index (χ1n) is 9.11. The van der Waals surface area contributed by atoms with E-state index in [0.29, 0.717) is 6.42 Å². The third kappa shape index (κ3) is 9.33. The topological polar surface area (TPSA) is 74.6 Å². The Morgan fingerprint density at radius 3 is 1.67 bits per heavy atom. The van der Waals surface area contributed by atoms with Gasteiger partial charge in [-0.1, -0.05) is 81.7 Å². The van der Waals surface area contributed by atoms with Crippen LogP contribution in [-0.4, -0.2) is 22.2 Å². The molecule has 0 radical (unpaired) electrons. The number of rotatable bonds is 14. The zero-order chi connectivity index (χ0) is 17.6. The average molecular weight is 334 g/mol. The lowest BCUT2D eigenvalue weighted by atomic mass is 10.00. The van der Waals surface area contributed by atoms with Crippen LogP contribution in [0.4, 0.5) is 0 Å². The number of aryl methyl sites for hydroxylation is 1. The van der Waals surface area contributed by atoms with Crippen molar-refractivity contribution >= 4 is 11.9 Å². The molecular formula is C20H30O4. The molecule has 0 aliphatic carbocycles.